The zero-order valence-corrected chi connectivity index (χ0v) is 20.3. The van der Waals surface area contributed by atoms with Crippen LogP contribution in [0.15, 0.2) is 71.3 Å². The van der Waals surface area contributed by atoms with Gasteiger partial charge in [-0.05, 0) is 46.8 Å². The van der Waals surface area contributed by atoms with E-state index >= 15 is 0 Å². The lowest BCUT2D eigenvalue weighted by molar-refractivity contribution is -0.445. The second kappa shape index (κ2) is 6.91. The van der Waals surface area contributed by atoms with Crippen LogP contribution in [0.4, 0.5) is 0 Å². The lowest BCUT2D eigenvalue weighted by Gasteiger charge is -2.55. The Labute approximate surface area is 203 Å². The molecule has 5 fully saturated rings. The lowest BCUT2D eigenvalue weighted by atomic mass is 9.43. The number of aliphatic hydroxyl groups is 4. The van der Waals surface area contributed by atoms with Gasteiger partial charge in [-0.25, -0.2) is 0 Å². The van der Waals surface area contributed by atoms with E-state index in [9.17, 15) is 30.0 Å². The molecule has 0 unspecified atom stereocenters. The minimum atomic E-state index is -2.24. The number of carbonyl (C=O) groups excluding carboxylic acids is 2. The van der Waals surface area contributed by atoms with Gasteiger partial charge in [0.2, 0.25) is 11.6 Å². The van der Waals surface area contributed by atoms with Crippen LogP contribution in [-0.2, 0) is 19.1 Å². The Balaban J connectivity index is 1.88. The Morgan fingerprint density at radius 3 is 1.89 bits per heavy atom. The first-order chi connectivity index (χ1) is 16.3. The summed E-state index contributed by atoms with van der Waals surface area (Å²) in [6, 6.07) is 0. The monoisotopic (exact) mass is 482 g/mol. The van der Waals surface area contributed by atoms with Crippen molar-refractivity contribution in [3.05, 3.63) is 71.3 Å². The van der Waals surface area contributed by atoms with Gasteiger partial charge >= 0.3 is 0 Å². The number of ketones is 2. The predicted molar refractivity (Wildman–Crippen MR) is 125 cm³/mol. The third kappa shape index (κ3) is 2.28. The molecule has 35 heavy (non-hydrogen) atoms. The Hall–Kier alpha value is -2.78. The number of rotatable bonds is 4. The number of allylic oxidation sites excluding steroid dienone is 8. The molecule has 8 atom stereocenters. The van der Waals surface area contributed by atoms with Crippen molar-refractivity contribution in [2.75, 3.05) is 0 Å². The van der Waals surface area contributed by atoms with Crippen LogP contribution in [0.2, 0.25) is 0 Å². The molecule has 0 radical (unpaired) electrons. The Morgan fingerprint density at radius 1 is 0.800 bits per heavy atom. The maximum atomic E-state index is 14.2. The van der Waals surface area contributed by atoms with Gasteiger partial charge in [-0.3, -0.25) is 9.59 Å². The normalized spacial score (nSPS) is 50.8. The van der Waals surface area contributed by atoms with Crippen molar-refractivity contribution in [1.82, 2.24) is 0 Å². The summed E-state index contributed by atoms with van der Waals surface area (Å²) < 4.78 is 12.3. The van der Waals surface area contributed by atoms with Crippen molar-refractivity contribution in [3.8, 4) is 0 Å². The van der Waals surface area contributed by atoms with Gasteiger partial charge in [0, 0.05) is 23.0 Å². The molecule has 4 N–H and O–H groups in total. The van der Waals surface area contributed by atoms with E-state index in [0.717, 1.165) is 0 Å². The Bertz CT molecular complexity index is 1200. The summed E-state index contributed by atoms with van der Waals surface area (Å²) in [6.07, 6.45) is 12.6. The second-order valence-corrected chi connectivity index (χ2v) is 10.4. The van der Waals surface area contributed by atoms with Crippen molar-refractivity contribution in [2.45, 2.75) is 57.4 Å². The quantitative estimate of drug-likeness (QED) is 0.273. The molecule has 8 heteroatoms. The van der Waals surface area contributed by atoms with Crippen LogP contribution in [0, 0.1) is 23.2 Å². The number of aliphatic hydroxyl groups excluding tert-OH is 2. The molecule has 0 aromatic heterocycles. The van der Waals surface area contributed by atoms with Gasteiger partial charge in [-0.1, -0.05) is 36.5 Å². The van der Waals surface area contributed by atoms with E-state index in [-0.39, 0.29) is 22.7 Å². The first-order valence-corrected chi connectivity index (χ1v) is 11.7. The number of Topliss-reactive ketones (excluding diaryl/α,β-unsaturated/α-hetero) is 2. The Kier molecular flexibility index (Phi) is 4.73. The fourth-order valence-electron chi connectivity index (χ4n) is 7.40. The molecule has 5 rings (SSSR count). The summed E-state index contributed by atoms with van der Waals surface area (Å²) in [4.78, 5) is 28.2. The van der Waals surface area contributed by atoms with E-state index < -0.39 is 57.5 Å². The van der Waals surface area contributed by atoms with Gasteiger partial charge in [0.1, 0.15) is 22.7 Å². The van der Waals surface area contributed by atoms with Gasteiger partial charge in [0.15, 0.2) is 11.6 Å². The molecular formula is C27H30O8. The topological polar surface area (TPSA) is 134 Å². The number of hydrogen-bond acceptors (Lipinski definition) is 8. The molecule has 3 aliphatic carbocycles. The maximum absolute atomic E-state index is 14.2. The molecule has 2 aliphatic heterocycles. The number of hydrogen-bond donors (Lipinski definition) is 4. The van der Waals surface area contributed by atoms with Crippen molar-refractivity contribution in [3.63, 3.8) is 0 Å². The van der Waals surface area contributed by atoms with Crippen molar-refractivity contribution < 1.29 is 39.5 Å². The highest BCUT2D eigenvalue weighted by Crippen LogP contribution is 2.80. The molecule has 0 spiro atoms. The lowest BCUT2D eigenvalue weighted by Crippen LogP contribution is -2.72. The van der Waals surface area contributed by atoms with Crippen molar-refractivity contribution in [2.24, 2.45) is 23.2 Å². The van der Waals surface area contributed by atoms with E-state index in [1.807, 2.05) is 0 Å². The van der Waals surface area contributed by atoms with E-state index in [4.69, 9.17) is 9.47 Å². The average molecular weight is 483 g/mol. The summed E-state index contributed by atoms with van der Waals surface area (Å²) in [5.74, 6) is -10.3. The van der Waals surface area contributed by atoms with E-state index in [0.29, 0.717) is 0 Å². The predicted octanol–water partition coefficient (Wildman–Crippen LogP) is 2.86. The summed E-state index contributed by atoms with van der Waals surface area (Å²) in [5.41, 5.74) is -5.52. The molecule has 3 saturated carbocycles. The van der Waals surface area contributed by atoms with E-state index in [2.05, 4.69) is 0 Å². The smallest absolute Gasteiger partial charge is 0.210 e. The van der Waals surface area contributed by atoms with Crippen LogP contribution in [0.25, 0.3) is 0 Å². The molecule has 8 nitrogen and oxygen atoms in total. The van der Waals surface area contributed by atoms with Gasteiger partial charge in [-0.2, -0.15) is 0 Å². The van der Waals surface area contributed by atoms with Crippen LogP contribution in [0.5, 0.6) is 0 Å². The zero-order valence-electron chi connectivity index (χ0n) is 20.3. The first kappa shape index (κ1) is 23.9. The average Bonchev–Trinajstić information content (AvgIpc) is 3.14. The molecule has 0 aromatic carbocycles. The van der Waals surface area contributed by atoms with Crippen molar-refractivity contribution in [1.29, 1.82) is 0 Å². The maximum Gasteiger partial charge on any atom is 0.210 e. The standard InChI is InChI=1S/C27H30O8/c1-6-8-10-12-14(28)16-18-19-20(30)17(15(29)13-11-9-7-2)21-23(3,22(16)31)27(33)24(18,4)34-26(19,32)25(21,5)35-27/h6-13,18-19,21,28-29,32-33H,1-5H3/b8-6+,9-7+,12-10+,13-11+,16-14-,17-15+/t18-,19-,21-,23-,24+,25+,26-,27-/m1/s1. The van der Waals surface area contributed by atoms with Gasteiger partial charge < -0.3 is 29.9 Å². The van der Waals surface area contributed by atoms with E-state index in [1.165, 1.54) is 32.9 Å². The highest BCUT2D eigenvalue weighted by atomic mass is 16.8. The van der Waals surface area contributed by atoms with Gasteiger partial charge in [0.05, 0.1) is 11.3 Å². The highest BCUT2D eigenvalue weighted by molar-refractivity contribution is 6.12. The summed E-state index contributed by atoms with van der Waals surface area (Å²) >= 11 is 0. The number of carbonyl (C=O) groups is 2. The summed E-state index contributed by atoms with van der Waals surface area (Å²) in [5, 5.41) is 46.0. The van der Waals surface area contributed by atoms with Crippen LogP contribution >= 0.6 is 0 Å². The first-order valence-electron chi connectivity index (χ1n) is 11.7. The zero-order chi connectivity index (χ0) is 25.8. The fraction of sp³-hybridized carbons (Fsp3) is 0.481. The summed E-state index contributed by atoms with van der Waals surface area (Å²) in [7, 11) is 0. The SMILES string of the molecule is C/C=C/C=C/C(O)=C1/C(=O)[C@@]2(C)[C@H]3\C(=C(O)/C=C/C=C/C)C(=O)[C@H]4[C@@H]1[C@]1(C)O[C@@]4(O)[C@@]3(C)O[C@@]12O. The largest absolute Gasteiger partial charge is 0.508 e. The van der Waals surface area contributed by atoms with Crippen LogP contribution < -0.4 is 0 Å². The molecule has 5 aliphatic rings. The molecular weight excluding hydrogens is 452 g/mol. The third-order valence-electron chi connectivity index (χ3n) is 8.82. The van der Waals surface area contributed by atoms with Crippen molar-refractivity contribution >= 4 is 11.6 Å². The van der Waals surface area contributed by atoms with Gasteiger partial charge in [0.25, 0.3) is 0 Å². The molecule has 2 saturated heterocycles. The second-order valence-electron chi connectivity index (χ2n) is 10.4. The third-order valence-corrected chi connectivity index (χ3v) is 8.82. The van der Waals surface area contributed by atoms with Crippen LogP contribution in [-0.4, -0.2) is 54.8 Å². The molecule has 2 heterocycles. The summed E-state index contributed by atoms with van der Waals surface area (Å²) in [6.45, 7) is 8.01. The van der Waals surface area contributed by atoms with Gasteiger partial charge in [-0.15, -0.1) is 0 Å². The Morgan fingerprint density at radius 2 is 1.34 bits per heavy atom. The molecule has 186 valence electrons. The minimum absolute atomic E-state index is 0.102. The minimum Gasteiger partial charge on any atom is -0.508 e. The number of ether oxygens (including phenoxy) is 2. The molecule has 0 aromatic rings. The molecule has 0 amide bonds. The van der Waals surface area contributed by atoms with Crippen LogP contribution in [0.1, 0.15) is 34.6 Å². The van der Waals surface area contributed by atoms with Crippen LogP contribution in [0.3, 0.4) is 0 Å². The fourth-order valence-corrected chi connectivity index (χ4v) is 7.40. The van der Waals surface area contributed by atoms with E-state index in [1.54, 1.807) is 50.3 Å². The highest BCUT2D eigenvalue weighted by Gasteiger charge is 2.96. The molecule has 8 bridgehead atoms.